The fourth-order valence-corrected chi connectivity index (χ4v) is 5.32. The number of nitrogens with zero attached hydrogens (tertiary/aromatic N) is 5. The van der Waals surface area contributed by atoms with Crippen LogP contribution in [0.1, 0.15) is 24.2 Å². The van der Waals surface area contributed by atoms with Crippen molar-refractivity contribution in [1.82, 2.24) is 14.3 Å². The molecule has 1 atom stereocenters. The molecule has 2 aliphatic rings. The molecule has 9 heteroatoms. The summed E-state index contributed by atoms with van der Waals surface area (Å²) >= 11 is 1.31. The average molecular weight is 470 g/mol. The van der Waals surface area contributed by atoms with Crippen LogP contribution < -0.4 is 9.80 Å². The van der Waals surface area contributed by atoms with Crippen molar-refractivity contribution in [3.63, 3.8) is 0 Å². The van der Waals surface area contributed by atoms with E-state index in [4.69, 9.17) is 0 Å². The van der Waals surface area contributed by atoms with Crippen molar-refractivity contribution >= 4 is 28.3 Å². The highest BCUT2D eigenvalue weighted by Crippen LogP contribution is 2.29. The van der Waals surface area contributed by atoms with Crippen LogP contribution in [0, 0.1) is 11.6 Å². The molecule has 0 radical (unpaired) electrons. The molecule has 2 saturated heterocycles. The standard InChI is InChI=1S/C24H25F2N5OS/c25-18-9-7-17(8-10-18)16-22-27-24(33-28-22)31-11-3-6-21(31)23(32)30-14-12-29(13-15-30)20-5-2-1-4-19(20)26/h1-2,4-5,7-10,21H,3,6,11-16H2. The lowest BCUT2D eigenvalue weighted by Crippen LogP contribution is -2.54. The topological polar surface area (TPSA) is 52.6 Å². The molecule has 2 aromatic carbocycles. The number of amides is 1. The summed E-state index contributed by atoms with van der Waals surface area (Å²) in [4.78, 5) is 24.0. The van der Waals surface area contributed by atoms with Crippen LogP contribution in [0.3, 0.4) is 0 Å². The number of hydrogen-bond donors (Lipinski definition) is 0. The van der Waals surface area contributed by atoms with E-state index < -0.39 is 0 Å². The third-order valence-electron chi connectivity index (χ3n) is 6.30. The number of para-hydroxylation sites is 1. The summed E-state index contributed by atoms with van der Waals surface area (Å²) < 4.78 is 31.7. The third-order valence-corrected chi connectivity index (χ3v) is 7.09. The molecule has 172 valence electrons. The van der Waals surface area contributed by atoms with Crippen molar-refractivity contribution in [3.05, 3.63) is 71.6 Å². The van der Waals surface area contributed by atoms with Crippen LogP contribution in [-0.2, 0) is 11.2 Å². The highest BCUT2D eigenvalue weighted by molar-refractivity contribution is 7.09. The first-order valence-electron chi connectivity index (χ1n) is 11.2. The van der Waals surface area contributed by atoms with Gasteiger partial charge in [0.05, 0.1) is 5.69 Å². The van der Waals surface area contributed by atoms with E-state index in [0.717, 1.165) is 30.1 Å². The summed E-state index contributed by atoms with van der Waals surface area (Å²) in [7, 11) is 0. The lowest BCUT2D eigenvalue weighted by molar-refractivity contribution is -0.132. The van der Waals surface area contributed by atoms with E-state index in [1.54, 1.807) is 24.3 Å². The number of rotatable bonds is 5. The number of anilines is 2. The van der Waals surface area contributed by atoms with Gasteiger partial charge in [0.2, 0.25) is 11.0 Å². The molecule has 0 N–H and O–H groups in total. The van der Waals surface area contributed by atoms with E-state index in [0.29, 0.717) is 44.1 Å². The largest absolute Gasteiger partial charge is 0.366 e. The summed E-state index contributed by atoms with van der Waals surface area (Å²) in [5, 5.41) is 0.757. The monoisotopic (exact) mass is 469 g/mol. The summed E-state index contributed by atoms with van der Waals surface area (Å²) in [5.41, 5.74) is 1.54. The van der Waals surface area contributed by atoms with E-state index in [1.165, 1.54) is 29.7 Å². The van der Waals surface area contributed by atoms with Gasteiger partial charge < -0.3 is 14.7 Å². The summed E-state index contributed by atoms with van der Waals surface area (Å²) in [6, 6.07) is 12.9. The third kappa shape index (κ3) is 4.68. The molecule has 3 aromatic rings. The predicted octanol–water partition coefficient (Wildman–Crippen LogP) is 3.72. The first kappa shape index (κ1) is 21.8. The second kappa shape index (κ2) is 9.43. The van der Waals surface area contributed by atoms with Crippen molar-refractivity contribution in [1.29, 1.82) is 0 Å². The Labute approximate surface area is 195 Å². The van der Waals surface area contributed by atoms with E-state index in [1.807, 2.05) is 15.9 Å². The van der Waals surface area contributed by atoms with Gasteiger partial charge in [-0.1, -0.05) is 24.3 Å². The molecule has 0 saturated carbocycles. The van der Waals surface area contributed by atoms with E-state index >= 15 is 0 Å². The Balaban J connectivity index is 1.22. The first-order valence-corrected chi connectivity index (χ1v) is 12.0. The van der Waals surface area contributed by atoms with Crippen LogP contribution in [0.2, 0.25) is 0 Å². The van der Waals surface area contributed by atoms with Gasteiger partial charge in [-0.2, -0.15) is 4.37 Å². The predicted molar refractivity (Wildman–Crippen MR) is 125 cm³/mol. The van der Waals surface area contributed by atoms with E-state index in [9.17, 15) is 13.6 Å². The van der Waals surface area contributed by atoms with Gasteiger partial charge in [0, 0.05) is 50.7 Å². The van der Waals surface area contributed by atoms with Gasteiger partial charge in [0.1, 0.15) is 23.5 Å². The minimum absolute atomic E-state index is 0.107. The number of hydrogen-bond acceptors (Lipinski definition) is 6. The zero-order valence-corrected chi connectivity index (χ0v) is 19.0. The van der Waals surface area contributed by atoms with Crippen molar-refractivity contribution < 1.29 is 13.6 Å². The molecule has 2 fully saturated rings. The quantitative estimate of drug-likeness (QED) is 0.570. The van der Waals surface area contributed by atoms with E-state index in [-0.39, 0.29) is 23.6 Å². The molecule has 1 amide bonds. The molecular formula is C24H25F2N5OS. The number of carbonyl (C=O) groups is 1. The Morgan fingerprint density at radius 3 is 2.52 bits per heavy atom. The molecule has 3 heterocycles. The molecule has 1 unspecified atom stereocenters. The van der Waals surface area contributed by atoms with E-state index in [2.05, 4.69) is 14.3 Å². The zero-order chi connectivity index (χ0) is 22.8. The molecule has 1 aromatic heterocycles. The molecule has 6 nitrogen and oxygen atoms in total. The average Bonchev–Trinajstić information content (AvgIpc) is 3.50. The Morgan fingerprint density at radius 2 is 1.76 bits per heavy atom. The number of piperazine rings is 1. The molecule has 0 spiro atoms. The molecule has 2 aliphatic heterocycles. The normalized spacial score (nSPS) is 18.7. The second-order valence-corrected chi connectivity index (χ2v) is 9.14. The number of benzene rings is 2. The van der Waals surface area contributed by atoms with Gasteiger partial charge in [-0.25, -0.2) is 13.8 Å². The highest BCUT2D eigenvalue weighted by atomic mass is 32.1. The molecule has 5 rings (SSSR count). The van der Waals surface area contributed by atoms with Crippen LogP contribution in [-0.4, -0.2) is 58.9 Å². The Hall–Kier alpha value is -3.07. The minimum Gasteiger partial charge on any atom is -0.366 e. The fraction of sp³-hybridized carbons (Fsp3) is 0.375. The number of carbonyl (C=O) groups excluding carboxylic acids is 1. The fourth-order valence-electron chi connectivity index (χ4n) is 4.56. The maximum atomic E-state index is 14.1. The summed E-state index contributed by atoms with van der Waals surface area (Å²) in [6.45, 7) is 3.14. The van der Waals surface area contributed by atoms with Gasteiger partial charge in [0.15, 0.2) is 0 Å². The van der Waals surface area contributed by atoms with Crippen molar-refractivity contribution in [2.24, 2.45) is 0 Å². The van der Waals surface area contributed by atoms with Crippen LogP contribution in [0.15, 0.2) is 48.5 Å². The second-order valence-electron chi connectivity index (χ2n) is 8.41. The van der Waals surface area contributed by atoms with Gasteiger partial charge in [-0.15, -0.1) is 0 Å². The SMILES string of the molecule is O=C(C1CCCN1c1nc(Cc2ccc(F)cc2)ns1)N1CCN(c2ccccc2F)CC1. The lowest BCUT2D eigenvalue weighted by atomic mass is 10.1. The van der Waals surface area contributed by atoms with Crippen LogP contribution in [0.25, 0.3) is 0 Å². The lowest BCUT2D eigenvalue weighted by Gasteiger charge is -2.38. The summed E-state index contributed by atoms with van der Waals surface area (Å²) in [5.74, 6) is 0.292. The van der Waals surface area contributed by atoms with Gasteiger partial charge in [-0.3, -0.25) is 4.79 Å². The molecule has 33 heavy (non-hydrogen) atoms. The molecular weight excluding hydrogens is 444 g/mol. The first-order chi connectivity index (χ1) is 16.1. The van der Waals surface area contributed by atoms with Crippen molar-refractivity contribution in [2.45, 2.75) is 25.3 Å². The van der Waals surface area contributed by atoms with Gasteiger partial charge in [0.25, 0.3) is 0 Å². The molecule has 0 aliphatic carbocycles. The zero-order valence-electron chi connectivity index (χ0n) is 18.2. The van der Waals surface area contributed by atoms with Crippen molar-refractivity contribution in [2.75, 3.05) is 42.5 Å². The maximum Gasteiger partial charge on any atom is 0.245 e. The maximum absolute atomic E-state index is 14.1. The Bertz CT molecular complexity index is 1110. The van der Waals surface area contributed by atoms with Crippen LogP contribution >= 0.6 is 11.5 Å². The van der Waals surface area contributed by atoms with Gasteiger partial charge >= 0.3 is 0 Å². The smallest absolute Gasteiger partial charge is 0.245 e. The van der Waals surface area contributed by atoms with Crippen LogP contribution in [0.5, 0.6) is 0 Å². The number of aromatic nitrogens is 2. The number of halogens is 2. The highest BCUT2D eigenvalue weighted by Gasteiger charge is 2.36. The van der Waals surface area contributed by atoms with Crippen LogP contribution in [0.4, 0.5) is 19.6 Å². The Kier molecular flexibility index (Phi) is 6.22. The Morgan fingerprint density at radius 1 is 1.00 bits per heavy atom. The summed E-state index contributed by atoms with van der Waals surface area (Å²) in [6.07, 6.45) is 2.25. The molecule has 0 bridgehead atoms. The van der Waals surface area contributed by atoms with Crippen molar-refractivity contribution in [3.8, 4) is 0 Å². The van der Waals surface area contributed by atoms with Gasteiger partial charge in [-0.05, 0) is 42.7 Å². The minimum atomic E-state index is -0.265.